The third-order valence-corrected chi connectivity index (χ3v) is 8.76. The molecule has 214 valence electrons. The highest BCUT2D eigenvalue weighted by atomic mass is 32.7. The van der Waals surface area contributed by atoms with E-state index in [9.17, 15) is 9.90 Å². The van der Waals surface area contributed by atoms with Gasteiger partial charge in [-0.25, -0.2) is 20.4 Å². The molecule has 1 aliphatic rings. The van der Waals surface area contributed by atoms with E-state index in [4.69, 9.17) is 39.2 Å². The third-order valence-electron chi connectivity index (χ3n) is 5.06. The number of fused-ring (bicyclic) bond motifs is 1. The third kappa shape index (κ3) is 7.77. The summed E-state index contributed by atoms with van der Waals surface area (Å²) in [7, 11) is 0.164. The molecule has 1 saturated heterocycles. The van der Waals surface area contributed by atoms with Crippen molar-refractivity contribution in [2.45, 2.75) is 25.4 Å². The highest BCUT2D eigenvalue weighted by Crippen LogP contribution is 2.59. The standard InChI is InChI=1S/C17H26N10O8P2S2/c1-30-36(38)32-3-2-27-12(22-9-4-20-8-21-15(9)27)7-33-37(39,34-11-6-31-5-10(11)28)26-35-25-14-13(18)16(29)24-17(19)23-14/h4,8,10-11,28,38-39H,2-3,5-7,18H2,1H3,(H4,19,23,24,25,29). The van der Waals surface area contributed by atoms with Crippen LogP contribution in [0.5, 0.6) is 0 Å². The number of aliphatic hydroxyl groups is 1. The summed E-state index contributed by atoms with van der Waals surface area (Å²) in [5.74, 6) is 0.0364. The van der Waals surface area contributed by atoms with E-state index >= 15 is 0 Å². The molecule has 0 saturated carbocycles. The summed E-state index contributed by atoms with van der Waals surface area (Å²) in [6, 6.07) is 0. The number of H-pyrrole nitrogens is 1. The Morgan fingerprint density at radius 3 is 2.97 bits per heavy atom. The van der Waals surface area contributed by atoms with Gasteiger partial charge in [0.15, 0.2) is 11.5 Å². The summed E-state index contributed by atoms with van der Waals surface area (Å²) in [6.45, 7) is -2.98. The van der Waals surface area contributed by atoms with Crippen LogP contribution in [0.15, 0.2) is 22.2 Å². The molecular formula is C17H26N10O8P2S2. The maximum atomic E-state index is 11.8. The number of aromatic nitrogens is 6. The average molecular weight is 625 g/mol. The summed E-state index contributed by atoms with van der Waals surface area (Å²) in [6.07, 6.45) is 1.20. The SMILES string of the molecule is COP(S)OCCn1c(COP(S)(=NONc2nc(N)[nH]c(=O)c2N)OC2COCC2O)nc2cncnc21. The van der Waals surface area contributed by atoms with E-state index in [2.05, 4.69) is 59.8 Å². The van der Waals surface area contributed by atoms with Crippen LogP contribution in [0.25, 0.3) is 11.2 Å². The van der Waals surface area contributed by atoms with Crippen LogP contribution >= 0.6 is 38.8 Å². The van der Waals surface area contributed by atoms with Crippen LogP contribution in [-0.4, -0.2) is 73.7 Å². The van der Waals surface area contributed by atoms with Crippen molar-refractivity contribution in [1.29, 1.82) is 0 Å². The topological polar surface area (TPSA) is 241 Å². The lowest BCUT2D eigenvalue weighted by atomic mass is 10.3. The Morgan fingerprint density at radius 2 is 2.23 bits per heavy atom. The number of rotatable bonds is 13. The van der Waals surface area contributed by atoms with Crippen molar-refractivity contribution >= 4 is 67.4 Å². The molecule has 0 amide bonds. The zero-order chi connectivity index (χ0) is 28.0. The molecule has 0 aliphatic carbocycles. The molecule has 0 aromatic carbocycles. The quantitative estimate of drug-likeness (QED) is 0.0798. The number of imidazole rings is 1. The Hall–Kier alpha value is -2.09. The molecule has 7 N–H and O–H groups in total. The van der Waals surface area contributed by atoms with Crippen LogP contribution < -0.4 is 22.5 Å². The number of hydrogen-bond donors (Lipinski definition) is 7. The van der Waals surface area contributed by atoms with Crippen molar-refractivity contribution in [2.75, 3.05) is 43.9 Å². The van der Waals surface area contributed by atoms with Crippen molar-refractivity contribution < 1.29 is 32.9 Å². The summed E-state index contributed by atoms with van der Waals surface area (Å²) in [5.41, 5.74) is 13.6. The monoisotopic (exact) mass is 624 g/mol. The van der Waals surface area contributed by atoms with E-state index in [-0.39, 0.29) is 43.9 Å². The van der Waals surface area contributed by atoms with E-state index in [0.717, 1.165) is 0 Å². The normalized spacial score (nSPS) is 19.7. The first-order valence-electron chi connectivity index (χ1n) is 11.0. The van der Waals surface area contributed by atoms with E-state index in [1.165, 1.54) is 13.4 Å². The molecule has 0 radical (unpaired) electrons. The number of anilines is 3. The van der Waals surface area contributed by atoms with E-state index in [1.807, 2.05) is 0 Å². The Labute approximate surface area is 232 Å². The summed E-state index contributed by atoms with van der Waals surface area (Å²) in [4.78, 5) is 39.8. The fraction of sp³-hybridized carbons (Fsp3) is 0.471. The molecule has 3 aromatic rings. The molecule has 4 unspecified atom stereocenters. The Balaban J connectivity index is 1.55. The second-order valence-corrected chi connectivity index (χ2v) is 12.9. The fourth-order valence-electron chi connectivity index (χ4n) is 3.24. The summed E-state index contributed by atoms with van der Waals surface area (Å²) >= 11 is 8.70. The Morgan fingerprint density at radius 1 is 1.41 bits per heavy atom. The first kappa shape index (κ1) is 29.9. The van der Waals surface area contributed by atoms with Crippen LogP contribution in [0.2, 0.25) is 0 Å². The number of nitrogen functional groups attached to an aromatic ring is 2. The number of thiol groups is 2. The number of ether oxygens (including phenoxy) is 1. The second kappa shape index (κ2) is 13.5. The molecule has 1 aliphatic heterocycles. The Bertz CT molecular complexity index is 1400. The van der Waals surface area contributed by atoms with Gasteiger partial charge in [-0.05, 0) is 0 Å². The van der Waals surface area contributed by atoms with E-state index in [1.54, 1.807) is 10.8 Å². The molecule has 3 aromatic heterocycles. The van der Waals surface area contributed by atoms with Gasteiger partial charge in [0.25, 0.3) is 5.56 Å². The lowest BCUT2D eigenvalue weighted by Crippen LogP contribution is -2.25. The molecule has 0 bridgehead atoms. The molecule has 18 nitrogen and oxygen atoms in total. The van der Waals surface area contributed by atoms with Gasteiger partial charge >= 0.3 is 6.71 Å². The first-order chi connectivity index (χ1) is 18.7. The van der Waals surface area contributed by atoms with Crippen molar-refractivity contribution in [3.8, 4) is 0 Å². The number of nitrogens with zero attached hydrogens (tertiary/aromatic N) is 6. The Kier molecular flexibility index (Phi) is 10.4. The predicted molar refractivity (Wildman–Crippen MR) is 147 cm³/mol. The molecule has 22 heteroatoms. The van der Waals surface area contributed by atoms with Gasteiger partial charge in [-0.2, -0.15) is 4.98 Å². The molecule has 39 heavy (non-hydrogen) atoms. The zero-order valence-corrected chi connectivity index (χ0v) is 23.9. The summed E-state index contributed by atoms with van der Waals surface area (Å²) < 4.78 is 29.4. The van der Waals surface area contributed by atoms with Gasteiger partial charge in [0, 0.05) is 13.7 Å². The molecule has 0 spiro atoms. The largest absolute Gasteiger partial charge is 0.391 e. The number of hydrogen-bond acceptors (Lipinski definition) is 17. The van der Waals surface area contributed by atoms with Crippen molar-refractivity contribution in [2.24, 2.45) is 4.91 Å². The van der Waals surface area contributed by atoms with Gasteiger partial charge in [0.2, 0.25) is 13.5 Å². The van der Waals surface area contributed by atoms with Crippen LogP contribution in [-0.2, 0) is 40.9 Å². The van der Waals surface area contributed by atoms with Crippen LogP contribution in [0, 0.1) is 0 Å². The predicted octanol–water partition coefficient (Wildman–Crippen LogP) is 1.02. The van der Waals surface area contributed by atoms with Gasteiger partial charge in [0.05, 0.1) is 26.0 Å². The van der Waals surface area contributed by atoms with Gasteiger partial charge in [-0.15, -0.1) is 4.94 Å². The maximum Gasteiger partial charge on any atom is 0.300 e. The van der Waals surface area contributed by atoms with Gasteiger partial charge in [-0.3, -0.25) is 9.78 Å². The number of nitrogens with one attached hydrogen (secondary N) is 2. The highest BCUT2D eigenvalue weighted by molar-refractivity contribution is 8.45. The molecule has 1 fully saturated rings. The van der Waals surface area contributed by atoms with Crippen LogP contribution in [0.3, 0.4) is 0 Å². The van der Waals surface area contributed by atoms with Gasteiger partial charge in [-0.1, -0.05) is 29.4 Å². The molecule has 4 atom stereocenters. The van der Waals surface area contributed by atoms with Crippen LogP contribution in [0.1, 0.15) is 5.82 Å². The highest BCUT2D eigenvalue weighted by Gasteiger charge is 2.34. The lowest BCUT2D eigenvalue weighted by molar-refractivity contribution is 0.0644. The first-order valence-corrected chi connectivity index (χ1v) is 16.1. The molecular weight excluding hydrogens is 598 g/mol. The smallest absolute Gasteiger partial charge is 0.300 e. The van der Waals surface area contributed by atoms with Crippen molar-refractivity contribution in [1.82, 2.24) is 29.5 Å². The number of nitrogens with two attached hydrogens (primary N) is 2. The van der Waals surface area contributed by atoms with Crippen LogP contribution in [0.4, 0.5) is 17.5 Å². The van der Waals surface area contributed by atoms with Crippen molar-refractivity contribution in [3.63, 3.8) is 0 Å². The van der Waals surface area contributed by atoms with Crippen molar-refractivity contribution in [3.05, 3.63) is 28.7 Å². The van der Waals surface area contributed by atoms with E-state index < -0.39 is 32.1 Å². The number of aliphatic hydroxyl groups excluding tert-OH is 1. The maximum absolute atomic E-state index is 11.8. The molecule has 4 heterocycles. The summed E-state index contributed by atoms with van der Waals surface area (Å²) in [5, 5.41) is 10.2. The number of aromatic amines is 1. The van der Waals surface area contributed by atoms with E-state index in [0.29, 0.717) is 23.5 Å². The minimum absolute atomic E-state index is 0.0632. The fourth-order valence-corrected chi connectivity index (χ4v) is 5.60. The van der Waals surface area contributed by atoms with Gasteiger partial charge in [0.1, 0.15) is 42.2 Å². The zero-order valence-electron chi connectivity index (χ0n) is 20.3. The second-order valence-electron chi connectivity index (χ2n) is 7.67. The lowest BCUT2D eigenvalue weighted by Gasteiger charge is -2.23. The minimum atomic E-state index is -3.55. The van der Waals surface area contributed by atoms with Gasteiger partial charge < -0.3 is 44.0 Å². The average Bonchev–Trinajstić information content (AvgIpc) is 3.48. The molecule has 4 rings (SSSR count). The minimum Gasteiger partial charge on any atom is -0.391 e.